The van der Waals surface area contributed by atoms with E-state index in [1.165, 1.54) is 5.92 Å². The van der Waals surface area contributed by atoms with Gasteiger partial charge in [-0.25, -0.2) is 0 Å². The first-order valence-electron chi connectivity index (χ1n) is 4.55. The fourth-order valence-corrected chi connectivity index (χ4v) is 1.51. The third kappa shape index (κ3) is 2.20. The van der Waals surface area contributed by atoms with Gasteiger partial charge in [-0.15, -0.1) is 0 Å². The minimum atomic E-state index is -0.189. The zero-order valence-corrected chi connectivity index (χ0v) is 9.07. The van der Waals surface area contributed by atoms with E-state index in [-0.39, 0.29) is 11.0 Å². The van der Waals surface area contributed by atoms with Crippen LogP contribution in [0, 0.1) is 11.3 Å². The highest BCUT2D eigenvalue weighted by molar-refractivity contribution is 5.08. The van der Waals surface area contributed by atoms with E-state index >= 15 is 0 Å². The molecule has 0 aliphatic rings. The Labute approximate surface area is 76.7 Å². The molecule has 2 heteroatoms. The normalized spacial score (nSPS) is 18.0. The van der Waals surface area contributed by atoms with Gasteiger partial charge in [0.2, 0.25) is 0 Å². The van der Waals surface area contributed by atoms with E-state index in [0.29, 0.717) is 6.54 Å². The maximum atomic E-state index is 6.12. The Morgan fingerprint density at radius 3 is 1.67 bits per heavy atom. The molecule has 1 unspecified atom stereocenters. The van der Waals surface area contributed by atoms with Gasteiger partial charge >= 0.3 is 0 Å². The van der Waals surface area contributed by atoms with Gasteiger partial charge in [-0.2, -0.15) is 0 Å². The van der Waals surface area contributed by atoms with Crippen molar-refractivity contribution in [2.75, 3.05) is 6.54 Å². The standard InChI is InChI=1S/C10H23N2/c1-8(2)10(5,6-7-11)9(3,4)12/h6-7,11-12H2,1-5H3. The third-order valence-corrected chi connectivity index (χ3v) is 3.17. The van der Waals surface area contributed by atoms with Crippen LogP contribution in [0.1, 0.15) is 41.0 Å². The van der Waals surface area contributed by atoms with Gasteiger partial charge in [0, 0.05) is 5.54 Å². The highest BCUT2D eigenvalue weighted by atomic mass is 14.8. The van der Waals surface area contributed by atoms with Gasteiger partial charge in [0.05, 0.1) is 0 Å². The Bertz CT molecular complexity index is 135. The van der Waals surface area contributed by atoms with Crippen LogP contribution in [0.15, 0.2) is 0 Å². The topological polar surface area (TPSA) is 52.0 Å². The molecule has 0 rings (SSSR count). The highest BCUT2D eigenvalue weighted by Gasteiger charge is 2.40. The summed E-state index contributed by atoms with van der Waals surface area (Å²) in [5, 5.41) is 0. The molecule has 1 radical (unpaired) electrons. The molecule has 0 aliphatic carbocycles. The van der Waals surface area contributed by atoms with Gasteiger partial charge in [0.15, 0.2) is 0 Å². The Balaban J connectivity index is 4.62. The van der Waals surface area contributed by atoms with Crippen molar-refractivity contribution in [1.82, 2.24) is 0 Å². The quantitative estimate of drug-likeness (QED) is 0.676. The lowest BCUT2D eigenvalue weighted by atomic mass is 9.64. The summed E-state index contributed by atoms with van der Waals surface area (Å²) >= 11 is 0. The molecular formula is C10H23N2. The van der Waals surface area contributed by atoms with Crippen molar-refractivity contribution < 1.29 is 0 Å². The summed E-state index contributed by atoms with van der Waals surface area (Å²) in [7, 11) is 0. The Hall–Kier alpha value is -0.0800. The summed E-state index contributed by atoms with van der Waals surface area (Å²) in [5.41, 5.74) is 11.6. The molecule has 0 aliphatic heterocycles. The van der Waals surface area contributed by atoms with E-state index in [2.05, 4.69) is 34.6 Å². The van der Waals surface area contributed by atoms with Crippen LogP contribution in [0.4, 0.5) is 0 Å². The Morgan fingerprint density at radius 2 is 1.58 bits per heavy atom. The van der Waals surface area contributed by atoms with E-state index in [0.717, 1.165) is 6.42 Å². The van der Waals surface area contributed by atoms with Crippen LogP contribution in [0.3, 0.4) is 0 Å². The zero-order valence-electron chi connectivity index (χ0n) is 9.07. The predicted octanol–water partition coefficient (Wildman–Crippen LogP) is 1.69. The van der Waals surface area contributed by atoms with Gasteiger partial charge in [0.25, 0.3) is 0 Å². The van der Waals surface area contributed by atoms with Crippen molar-refractivity contribution in [3.05, 3.63) is 5.92 Å². The number of nitrogens with two attached hydrogens (primary N) is 2. The molecule has 4 N–H and O–H groups in total. The van der Waals surface area contributed by atoms with Crippen molar-refractivity contribution >= 4 is 0 Å². The Morgan fingerprint density at radius 1 is 1.17 bits per heavy atom. The molecule has 12 heavy (non-hydrogen) atoms. The monoisotopic (exact) mass is 171 g/mol. The molecule has 0 amide bonds. The van der Waals surface area contributed by atoms with Gasteiger partial charge in [0.1, 0.15) is 0 Å². The predicted molar refractivity (Wildman–Crippen MR) is 54.6 cm³/mol. The largest absolute Gasteiger partial charge is 0.330 e. The molecule has 0 aromatic heterocycles. The van der Waals surface area contributed by atoms with Gasteiger partial charge in [-0.1, -0.05) is 20.8 Å². The van der Waals surface area contributed by atoms with E-state index in [1.54, 1.807) is 0 Å². The first-order valence-corrected chi connectivity index (χ1v) is 4.55. The lowest BCUT2D eigenvalue weighted by Gasteiger charge is -2.44. The molecule has 0 heterocycles. The lowest BCUT2D eigenvalue weighted by Crippen LogP contribution is -2.52. The second-order valence-corrected chi connectivity index (χ2v) is 4.59. The van der Waals surface area contributed by atoms with Crippen molar-refractivity contribution in [3.63, 3.8) is 0 Å². The van der Waals surface area contributed by atoms with Crippen molar-refractivity contribution in [3.8, 4) is 0 Å². The maximum Gasteiger partial charge on any atom is 0.0157 e. The lowest BCUT2D eigenvalue weighted by molar-refractivity contribution is 0.181. The van der Waals surface area contributed by atoms with Crippen LogP contribution >= 0.6 is 0 Å². The zero-order chi connectivity index (χ0) is 9.99. The summed E-state index contributed by atoms with van der Waals surface area (Å²) in [4.78, 5) is 0. The second-order valence-electron chi connectivity index (χ2n) is 4.59. The van der Waals surface area contributed by atoms with Crippen molar-refractivity contribution in [2.24, 2.45) is 16.9 Å². The van der Waals surface area contributed by atoms with Crippen molar-refractivity contribution in [2.45, 2.75) is 46.6 Å². The average molecular weight is 171 g/mol. The molecule has 0 saturated heterocycles. The number of hydrogen-bond acceptors (Lipinski definition) is 2. The van der Waals surface area contributed by atoms with Crippen LogP contribution in [-0.4, -0.2) is 12.1 Å². The fraction of sp³-hybridized carbons (Fsp3) is 0.900. The average Bonchev–Trinajstić information content (AvgIpc) is 1.85. The molecule has 0 aromatic carbocycles. The number of rotatable bonds is 4. The summed E-state index contributed by atoms with van der Waals surface area (Å²) < 4.78 is 0. The van der Waals surface area contributed by atoms with Crippen LogP contribution in [0.2, 0.25) is 0 Å². The first-order chi connectivity index (χ1) is 5.25. The van der Waals surface area contributed by atoms with Crippen molar-refractivity contribution in [1.29, 1.82) is 0 Å². The minimum absolute atomic E-state index is 0.0573. The first kappa shape index (κ1) is 11.9. The van der Waals surface area contributed by atoms with Gasteiger partial charge < -0.3 is 11.5 Å². The number of hydrogen-bond donors (Lipinski definition) is 2. The van der Waals surface area contributed by atoms with Crippen LogP contribution in [0.25, 0.3) is 0 Å². The van der Waals surface area contributed by atoms with Gasteiger partial charge in [-0.05, 0) is 38.1 Å². The summed E-state index contributed by atoms with van der Waals surface area (Å²) in [6, 6.07) is 0. The molecule has 1 atom stereocenters. The molecule has 0 spiro atoms. The van der Waals surface area contributed by atoms with Gasteiger partial charge in [-0.3, -0.25) is 0 Å². The van der Waals surface area contributed by atoms with Crippen LogP contribution in [-0.2, 0) is 0 Å². The second kappa shape index (κ2) is 3.75. The molecule has 0 aromatic rings. The van der Waals surface area contributed by atoms with Crippen LogP contribution in [0.5, 0.6) is 0 Å². The highest BCUT2D eigenvalue weighted by Crippen LogP contribution is 2.40. The maximum absolute atomic E-state index is 6.12. The van der Waals surface area contributed by atoms with E-state index in [1.807, 2.05) is 0 Å². The third-order valence-electron chi connectivity index (χ3n) is 3.17. The van der Waals surface area contributed by atoms with E-state index < -0.39 is 0 Å². The summed E-state index contributed by atoms with van der Waals surface area (Å²) in [6.45, 7) is 11.3. The summed E-state index contributed by atoms with van der Waals surface area (Å²) in [5.74, 6) is 1.36. The SMILES string of the molecule is C[C](C)C(C)(CCN)C(C)(C)N. The Kier molecular flexibility index (Phi) is 3.73. The van der Waals surface area contributed by atoms with Crippen LogP contribution < -0.4 is 11.5 Å². The van der Waals surface area contributed by atoms with E-state index in [9.17, 15) is 0 Å². The minimum Gasteiger partial charge on any atom is -0.330 e. The molecule has 0 bridgehead atoms. The fourth-order valence-electron chi connectivity index (χ4n) is 1.51. The molecular weight excluding hydrogens is 148 g/mol. The summed E-state index contributed by atoms with van der Waals surface area (Å²) in [6.07, 6.45) is 0.957. The molecule has 2 nitrogen and oxygen atoms in total. The molecule has 0 saturated carbocycles. The smallest absolute Gasteiger partial charge is 0.0157 e. The molecule has 0 fully saturated rings. The van der Waals surface area contributed by atoms with E-state index in [4.69, 9.17) is 11.5 Å². The molecule has 73 valence electrons.